The fraction of sp³-hybridized carbons (Fsp3) is 0.211. The zero-order valence-electron chi connectivity index (χ0n) is 18.2. The van der Waals surface area contributed by atoms with Crippen molar-refractivity contribution in [2.24, 2.45) is 0 Å². The minimum absolute atomic E-state index is 0.112. The molecule has 0 amide bonds. The molecule has 0 saturated carbocycles. The Morgan fingerprint density at radius 3 is 1.79 bits per heavy atom. The van der Waals surface area contributed by atoms with Crippen LogP contribution in [0.5, 0.6) is 0 Å². The molecule has 14 nitrogen and oxygen atoms in total. The van der Waals surface area contributed by atoms with Gasteiger partial charge in [0.2, 0.25) is 5.69 Å². The van der Waals surface area contributed by atoms with Crippen LogP contribution in [0.1, 0.15) is 41.6 Å². The number of hydrogen-bond donors (Lipinski definition) is 3. The average molecular weight is 504 g/mol. The number of aromatic nitrogens is 2. The van der Waals surface area contributed by atoms with Crippen molar-refractivity contribution in [3.63, 3.8) is 0 Å². The van der Waals surface area contributed by atoms with Gasteiger partial charge in [-0.15, -0.1) is 0 Å². The molecule has 0 radical (unpaired) electrons. The standard InChI is InChI=1S/C19H17N2O8.ClH3O4/c1-26-16(22)11-12(17(23)27-2)14(19(25)29-4)21-9-10-7-5-6-8-20(10)15(21)13(11)18(24)28-3;2-1(3,4)5/h5-9H,1-4H3;2-4H/q+1;. The third-order valence-electron chi connectivity index (χ3n) is 4.36. The summed E-state index contributed by atoms with van der Waals surface area (Å²) in [7, 11) is 0.211. The van der Waals surface area contributed by atoms with E-state index in [0.717, 1.165) is 28.4 Å². The maximum atomic E-state index is 12.7. The Balaban J connectivity index is 0.000000739. The van der Waals surface area contributed by atoms with Gasteiger partial charge in [0.1, 0.15) is 17.3 Å². The van der Waals surface area contributed by atoms with Crippen LogP contribution >= 0.6 is 0 Å². The van der Waals surface area contributed by atoms with Crippen LogP contribution in [0.3, 0.4) is 0 Å². The first kappa shape index (κ1) is 26.4. The summed E-state index contributed by atoms with van der Waals surface area (Å²) in [5, 5.41) is 0. The van der Waals surface area contributed by atoms with Gasteiger partial charge in [0.05, 0.1) is 34.6 Å². The second-order valence-electron chi connectivity index (χ2n) is 6.19. The number of pyridine rings is 2. The van der Waals surface area contributed by atoms with Crippen molar-refractivity contribution in [3.8, 4) is 0 Å². The van der Waals surface area contributed by atoms with E-state index in [1.54, 1.807) is 28.8 Å². The monoisotopic (exact) mass is 503 g/mol. The third-order valence-corrected chi connectivity index (χ3v) is 4.36. The quantitative estimate of drug-likeness (QED) is 0.201. The topological polar surface area (TPSA) is 197 Å². The molecule has 0 spiro atoms. The number of carbonyl (C=O) groups is 4. The number of esters is 4. The van der Waals surface area contributed by atoms with E-state index in [4.69, 9.17) is 37.6 Å². The van der Waals surface area contributed by atoms with E-state index >= 15 is 0 Å². The molecule has 0 aliphatic rings. The Morgan fingerprint density at radius 1 is 0.824 bits per heavy atom. The number of rotatable bonds is 4. The van der Waals surface area contributed by atoms with Crippen LogP contribution in [-0.2, 0) is 18.9 Å². The predicted molar refractivity (Wildman–Crippen MR) is 103 cm³/mol. The molecule has 0 unspecified atom stereocenters. The van der Waals surface area contributed by atoms with Gasteiger partial charge in [0, 0.05) is 0 Å². The summed E-state index contributed by atoms with van der Waals surface area (Å²) < 4.78 is 52.3. The minimum atomic E-state index is -4.19. The molecule has 3 aromatic heterocycles. The first-order valence-corrected chi connectivity index (χ1v) is 10.2. The number of hydrogen-bond acceptors (Lipinski definition) is 12. The van der Waals surface area contributed by atoms with E-state index in [1.807, 2.05) is 0 Å². The molecule has 15 heteroatoms. The Hall–Kier alpha value is -3.82. The van der Waals surface area contributed by atoms with E-state index < -0.39 is 45.2 Å². The van der Waals surface area contributed by atoms with Gasteiger partial charge in [-0.25, -0.2) is 19.2 Å². The fourth-order valence-corrected chi connectivity index (χ4v) is 3.15. The van der Waals surface area contributed by atoms with Crippen molar-refractivity contribution < 1.29 is 71.4 Å². The van der Waals surface area contributed by atoms with Crippen molar-refractivity contribution in [1.82, 2.24) is 4.40 Å². The Morgan fingerprint density at radius 2 is 1.29 bits per heavy atom. The van der Waals surface area contributed by atoms with Crippen LogP contribution in [0.15, 0.2) is 30.6 Å². The zero-order valence-corrected chi connectivity index (χ0v) is 18.9. The van der Waals surface area contributed by atoms with Gasteiger partial charge in [0.15, 0.2) is 11.1 Å². The SMILES string of the molecule is COC(=O)c1c(C(=O)OC)c(C(=O)OC)[n+]2cc3ccccn3c2c1C(=O)OC.[O-][Cl+](O)(O)O. The molecular weight excluding hydrogens is 484 g/mol. The Bertz CT molecular complexity index is 1270. The molecule has 184 valence electrons. The molecule has 0 bridgehead atoms. The molecule has 0 atom stereocenters. The van der Waals surface area contributed by atoms with Crippen LogP contribution in [0.4, 0.5) is 0 Å². The summed E-state index contributed by atoms with van der Waals surface area (Å²) in [4.78, 5) is 50.6. The van der Waals surface area contributed by atoms with Gasteiger partial charge < -0.3 is 18.9 Å². The van der Waals surface area contributed by atoms with Crippen molar-refractivity contribution in [2.45, 2.75) is 0 Å². The molecule has 0 aliphatic carbocycles. The normalized spacial score (nSPS) is 11.3. The molecule has 3 N–H and O–H groups in total. The Kier molecular flexibility index (Phi) is 8.09. The van der Waals surface area contributed by atoms with Crippen LogP contribution in [0.2, 0.25) is 0 Å². The summed E-state index contributed by atoms with van der Waals surface area (Å²) in [6.45, 7) is 0. The number of carbonyl (C=O) groups excluding carboxylic acids is 4. The predicted octanol–water partition coefficient (Wildman–Crippen LogP) is -2.04. The number of nitrogens with zero attached hydrogens (tertiary/aromatic N) is 2. The molecule has 3 rings (SSSR count). The molecule has 3 heterocycles. The fourth-order valence-electron chi connectivity index (χ4n) is 3.15. The summed E-state index contributed by atoms with van der Waals surface area (Å²) >= 11 is 0. The maximum absolute atomic E-state index is 12.7. The van der Waals surface area contributed by atoms with Gasteiger partial charge in [-0.3, -0.25) is 0 Å². The first-order chi connectivity index (χ1) is 15.9. The van der Waals surface area contributed by atoms with Gasteiger partial charge in [-0.1, -0.05) is 6.07 Å². The molecule has 3 aromatic rings. The van der Waals surface area contributed by atoms with E-state index in [-0.39, 0.29) is 16.9 Å². The van der Waals surface area contributed by atoms with E-state index in [2.05, 4.69) is 0 Å². The molecule has 0 aliphatic heterocycles. The van der Waals surface area contributed by atoms with Crippen molar-refractivity contribution in [3.05, 3.63) is 53.0 Å². The summed E-state index contributed by atoms with van der Waals surface area (Å²) in [6, 6.07) is 5.15. The van der Waals surface area contributed by atoms with Crippen LogP contribution in [0.25, 0.3) is 11.2 Å². The van der Waals surface area contributed by atoms with Crippen molar-refractivity contribution >= 4 is 35.0 Å². The van der Waals surface area contributed by atoms with Gasteiger partial charge in [-0.05, 0) is 12.1 Å². The van der Waals surface area contributed by atoms with Gasteiger partial charge in [0.25, 0.3) is 0 Å². The van der Waals surface area contributed by atoms with Crippen LogP contribution < -0.4 is 9.06 Å². The summed E-state index contributed by atoms with van der Waals surface area (Å²) in [5.74, 6) is -3.88. The van der Waals surface area contributed by atoms with Crippen molar-refractivity contribution in [1.29, 1.82) is 0 Å². The molecule has 0 fully saturated rings. The van der Waals surface area contributed by atoms with E-state index in [1.165, 1.54) is 10.6 Å². The number of imidazole rings is 1. The second kappa shape index (κ2) is 10.4. The molecule has 0 saturated heterocycles. The number of halogens is 1. The number of ether oxygens (including phenoxy) is 4. The van der Waals surface area contributed by atoms with Crippen LogP contribution in [-0.4, -0.2) is 70.7 Å². The molecule has 0 aromatic carbocycles. The number of fused-ring (bicyclic) bond motifs is 3. The molecule has 34 heavy (non-hydrogen) atoms. The van der Waals surface area contributed by atoms with Crippen LogP contribution in [0, 0.1) is 10.2 Å². The Labute approximate surface area is 192 Å². The van der Waals surface area contributed by atoms with Gasteiger partial charge >= 0.3 is 58.4 Å². The van der Waals surface area contributed by atoms with E-state index in [0.29, 0.717) is 5.52 Å². The van der Waals surface area contributed by atoms with Gasteiger partial charge in [-0.2, -0.15) is 8.80 Å². The molecular formula is C19H20ClN2O12+. The zero-order chi connectivity index (χ0) is 25.8. The summed E-state index contributed by atoms with van der Waals surface area (Å²) in [6.07, 6.45) is 3.14. The average Bonchev–Trinajstić information content (AvgIpc) is 3.18. The van der Waals surface area contributed by atoms with Crippen molar-refractivity contribution in [2.75, 3.05) is 28.4 Å². The second-order valence-corrected chi connectivity index (χ2v) is 7.06. The summed E-state index contributed by atoms with van der Waals surface area (Å²) in [5.41, 5.74) is -0.818. The van der Waals surface area contributed by atoms with E-state index in [9.17, 15) is 19.2 Å². The first-order valence-electron chi connectivity index (χ1n) is 8.92. The number of methoxy groups -OCH3 is 4. The third kappa shape index (κ3) is 5.22.